The van der Waals surface area contributed by atoms with Crippen LogP contribution in [0.15, 0.2) is 18.2 Å². The number of benzene rings is 1. The first kappa shape index (κ1) is 18.1. The molecule has 0 spiro atoms. The van der Waals surface area contributed by atoms with E-state index in [1.165, 1.54) is 0 Å². The SMILES string of the molecule is Cc1cc(N2CCN(C(=O)OC(C)(C)C)[C@@H](C)C2)ccc1C(=O)O. The molecule has 0 aromatic heterocycles. The number of nitrogens with zero attached hydrogens (tertiary/aromatic N) is 2. The quantitative estimate of drug-likeness (QED) is 0.900. The van der Waals surface area contributed by atoms with Crippen LogP contribution in [-0.4, -0.2) is 53.3 Å². The number of hydrogen-bond acceptors (Lipinski definition) is 4. The first-order valence-corrected chi connectivity index (χ1v) is 8.17. The maximum absolute atomic E-state index is 12.3. The number of anilines is 1. The van der Waals surface area contributed by atoms with Crippen LogP contribution in [0.3, 0.4) is 0 Å². The fourth-order valence-electron chi connectivity index (χ4n) is 2.87. The molecule has 6 heteroatoms. The van der Waals surface area contributed by atoms with E-state index in [0.29, 0.717) is 25.2 Å². The van der Waals surface area contributed by atoms with E-state index in [1.54, 1.807) is 17.9 Å². The van der Waals surface area contributed by atoms with Crippen molar-refractivity contribution < 1.29 is 19.4 Å². The summed E-state index contributed by atoms with van der Waals surface area (Å²) in [5, 5.41) is 9.13. The summed E-state index contributed by atoms with van der Waals surface area (Å²) in [6.07, 6.45) is -0.285. The maximum atomic E-state index is 12.3. The van der Waals surface area contributed by atoms with Crippen molar-refractivity contribution in [3.05, 3.63) is 29.3 Å². The zero-order valence-corrected chi connectivity index (χ0v) is 15.0. The summed E-state index contributed by atoms with van der Waals surface area (Å²) in [5.41, 5.74) is 1.53. The summed E-state index contributed by atoms with van der Waals surface area (Å²) >= 11 is 0. The van der Waals surface area contributed by atoms with Crippen LogP contribution in [0.4, 0.5) is 10.5 Å². The summed E-state index contributed by atoms with van der Waals surface area (Å²) in [6, 6.07) is 5.37. The molecule has 1 aliphatic rings. The molecule has 1 fully saturated rings. The molecule has 1 amide bonds. The van der Waals surface area contributed by atoms with Crippen LogP contribution in [0.5, 0.6) is 0 Å². The normalized spacial score (nSPS) is 18.5. The van der Waals surface area contributed by atoms with Crippen molar-refractivity contribution in [3.63, 3.8) is 0 Å². The summed E-state index contributed by atoms with van der Waals surface area (Å²) in [4.78, 5) is 27.3. The second-order valence-corrected chi connectivity index (χ2v) is 7.27. The van der Waals surface area contributed by atoms with E-state index in [0.717, 1.165) is 11.3 Å². The standard InChI is InChI=1S/C18H26N2O4/c1-12-10-14(6-7-15(12)16(21)22)19-8-9-20(13(2)11-19)17(23)24-18(3,4)5/h6-7,10,13H,8-9,11H2,1-5H3,(H,21,22)/t13-/m0/s1. The van der Waals surface area contributed by atoms with Crippen LogP contribution >= 0.6 is 0 Å². The average Bonchev–Trinajstić information content (AvgIpc) is 2.44. The molecule has 24 heavy (non-hydrogen) atoms. The fraction of sp³-hybridized carbons (Fsp3) is 0.556. The third-order valence-electron chi connectivity index (χ3n) is 4.06. The number of amides is 1. The minimum atomic E-state index is -0.915. The third kappa shape index (κ3) is 4.19. The van der Waals surface area contributed by atoms with Gasteiger partial charge >= 0.3 is 12.1 Å². The molecule has 1 saturated heterocycles. The van der Waals surface area contributed by atoms with E-state index in [2.05, 4.69) is 4.90 Å². The molecule has 1 aliphatic heterocycles. The Hall–Kier alpha value is -2.24. The Morgan fingerprint density at radius 2 is 1.92 bits per heavy atom. The zero-order chi connectivity index (χ0) is 18.1. The molecule has 1 aromatic carbocycles. The molecule has 1 atom stereocenters. The van der Waals surface area contributed by atoms with Crippen molar-refractivity contribution in [2.75, 3.05) is 24.5 Å². The van der Waals surface area contributed by atoms with E-state index < -0.39 is 11.6 Å². The highest BCUT2D eigenvalue weighted by molar-refractivity contribution is 5.90. The number of ether oxygens (including phenoxy) is 1. The van der Waals surface area contributed by atoms with Gasteiger partial charge in [0.15, 0.2) is 0 Å². The largest absolute Gasteiger partial charge is 0.478 e. The molecule has 2 rings (SSSR count). The molecule has 0 radical (unpaired) electrons. The van der Waals surface area contributed by atoms with Gasteiger partial charge in [-0.2, -0.15) is 0 Å². The Morgan fingerprint density at radius 1 is 1.25 bits per heavy atom. The van der Waals surface area contributed by atoms with Gasteiger partial charge in [0.05, 0.1) is 5.56 Å². The molecular weight excluding hydrogens is 308 g/mol. The van der Waals surface area contributed by atoms with Gasteiger partial charge in [-0.05, 0) is 58.4 Å². The summed E-state index contributed by atoms with van der Waals surface area (Å²) < 4.78 is 5.45. The number of piperazine rings is 1. The van der Waals surface area contributed by atoms with E-state index in [1.807, 2.05) is 39.8 Å². The monoisotopic (exact) mass is 334 g/mol. The minimum Gasteiger partial charge on any atom is -0.478 e. The second-order valence-electron chi connectivity index (χ2n) is 7.27. The molecule has 1 N–H and O–H groups in total. The highest BCUT2D eigenvalue weighted by Gasteiger charge is 2.31. The van der Waals surface area contributed by atoms with Gasteiger partial charge in [0.2, 0.25) is 0 Å². The van der Waals surface area contributed by atoms with Crippen molar-refractivity contribution in [1.82, 2.24) is 4.90 Å². The highest BCUT2D eigenvalue weighted by Crippen LogP contribution is 2.23. The lowest BCUT2D eigenvalue weighted by Gasteiger charge is -2.41. The third-order valence-corrected chi connectivity index (χ3v) is 4.06. The Kier molecular flexibility index (Phi) is 5.06. The number of carboxylic acids is 1. The molecular formula is C18H26N2O4. The Labute approximate surface area is 143 Å². The van der Waals surface area contributed by atoms with Crippen LogP contribution in [0.25, 0.3) is 0 Å². The second kappa shape index (κ2) is 6.71. The molecule has 0 bridgehead atoms. The van der Waals surface area contributed by atoms with E-state index >= 15 is 0 Å². The van der Waals surface area contributed by atoms with E-state index in [9.17, 15) is 9.59 Å². The Bertz CT molecular complexity index is 636. The topological polar surface area (TPSA) is 70.1 Å². The highest BCUT2D eigenvalue weighted by atomic mass is 16.6. The zero-order valence-electron chi connectivity index (χ0n) is 15.0. The summed E-state index contributed by atoms with van der Waals surface area (Å²) in [5.74, 6) is -0.915. The predicted octanol–water partition coefficient (Wildman–Crippen LogP) is 3.14. The average molecular weight is 334 g/mol. The number of hydrogen-bond donors (Lipinski definition) is 1. The minimum absolute atomic E-state index is 0.0213. The number of rotatable bonds is 2. The smallest absolute Gasteiger partial charge is 0.410 e. The van der Waals surface area contributed by atoms with Crippen molar-refractivity contribution in [3.8, 4) is 0 Å². The van der Waals surface area contributed by atoms with Gasteiger partial charge in [0.1, 0.15) is 5.60 Å². The number of carbonyl (C=O) groups excluding carboxylic acids is 1. The molecule has 1 heterocycles. The number of carboxylic acid groups (broad SMARTS) is 1. The summed E-state index contributed by atoms with van der Waals surface area (Å²) in [6.45, 7) is 11.3. The van der Waals surface area contributed by atoms with Crippen LogP contribution < -0.4 is 4.90 Å². The number of carbonyl (C=O) groups is 2. The Balaban J connectivity index is 2.07. The lowest BCUT2D eigenvalue weighted by atomic mass is 10.1. The van der Waals surface area contributed by atoms with E-state index in [-0.39, 0.29) is 12.1 Å². The first-order valence-electron chi connectivity index (χ1n) is 8.17. The van der Waals surface area contributed by atoms with Crippen molar-refractivity contribution in [1.29, 1.82) is 0 Å². The maximum Gasteiger partial charge on any atom is 0.410 e. The fourth-order valence-corrected chi connectivity index (χ4v) is 2.87. The van der Waals surface area contributed by atoms with Crippen LogP contribution in [0.2, 0.25) is 0 Å². The lowest BCUT2D eigenvalue weighted by molar-refractivity contribution is 0.0159. The van der Waals surface area contributed by atoms with Gasteiger partial charge in [0, 0.05) is 31.4 Å². The molecule has 6 nitrogen and oxygen atoms in total. The predicted molar refractivity (Wildman–Crippen MR) is 92.8 cm³/mol. The molecule has 132 valence electrons. The van der Waals surface area contributed by atoms with Gasteiger partial charge in [-0.1, -0.05) is 0 Å². The van der Waals surface area contributed by atoms with Gasteiger partial charge in [-0.15, -0.1) is 0 Å². The van der Waals surface area contributed by atoms with Crippen LogP contribution in [-0.2, 0) is 4.74 Å². The Morgan fingerprint density at radius 3 is 2.42 bits per heavy atom. The first-order chi connectivity index (χ1) is 11.1. The van der Waals surface area contributed by atoms with E-state index in [4.69, 9.17) is 9.84 Å². The molecule has 0 aliphatic carbocycles. The number of aromatic carboxylic acids is 1. The van der Waals surface area contributed by atoms with Crippen LogP contribution in [0.1, 0.15) is 43.6 Å². The van der Waals surface area contributed by atoms with Crippen molar-refractivity contribution in [2.24, 2.45) is 0 Å². The van der Waals surface area contributed by atoms with Gasteiger partial charge in [-0.3, -0.25) is 0 Å². The van der Waals surface area contributed by atoms with Crippen molar-refractivity contribution in [2.45, 2.75) is 46.3 Å². The molecule has 0 saturated carbocycles. The molecule has 0 unspecified atom stereocenters. The van der Waals surface area contributed by atoms with Gasteiger partial charge < -0.3 is 19.6 Å². The van der Waals surface area contributed by atoms with Crippen molar-refractivity contribution >= 4 is 17.7 Å². The van der Waals surface area contributed by atoms with Gasteiger partial charge in [-0.25, -0.2) is 9.59 Å². The lowest BCUT2D eigenvalue weighted by Crippen LogP contribution is -2.55. The van der Waals surface area contributed by atoms with Gasteiger partial charge in [0.25, 0.3) is 0 Å². The summed E-state index contributed by atoms with van der Waals surface area (Å²) in [7, 11) is 0. The number of aryl methyl sites for hydroxylation is 1. The molecule has 1 aromatic rings. The van der Waals surface area contributed by atoms with Crippen LogP contribution in [0, 0.1) is 6.92 Å².